The number of hydrogen-bond donors (Lipinski definition) is 0. The molecule has 0 aliphatic heterocycles. The number of carbonyl (C=O) groups excluding carboxylic acids is 2. The van der Waals surface area contributed by atoms with Crippen molar-refractivity contribution < 1.29 is 19.1 Å². The molecule has 0 amide bonds. The summed E-state index contributed by atoms with van der Waals surface area (Å²) in [5.74, 6) is -0.819. The highest BCUT2D eigenvalue weighted by Crippen LogP contribution is 2.21. The van der Waals surface area contributed by atoms with Crippen LogP contribution in [0.2, 0.25) is 0 Å². The highest BCUT2D eigenvalue weighted by Gasteiger charge is 2.08. The van der Waals surface area contributed by atoms with Gasteiger partial charge in [0.15, 0.2) is 0 Å². The molecule has 0 aromatic heterocycles. The van der Waals surface area contributed by atoms with E-state index in [2.05, 4.69) is 4.74 Å². The fraction of sp³-hybridized carbons (Fsp3) is 0.143. The molecule has 0 saturated carbocycles. The number of ether oxygens (including phenoxy) is 2. The first-order valence-corrected chi connectivity index (χ1v) is 7.94. The van der Waals surface area contributed by atoms with Gasteiger partial charge < -0.3 is 9.47 Å². The first-order chi connectivity index (χ1) is 12.1. The van der Waals surface area contributed by atoms with Crippen molar-refractivity contribution in [2.24, 2.45) is 0 Å². The predicted octanol–water partition coefficient (Wildman–Crippen LogP) is 4.13. The minimum absolute atomic E-state index is 0.317. The highest BCUT2D eigenvalue weighted by atomic mass is 16.5. The second-order valence-electron chi connectivity index (χ2n) is 5.17. The predicted molar refractivity (Wildman–Crippen MR) is 97.9 cm³/mol. The fourth-order valence-corrected chi connectivity index (χ4v) is 2.22. The summed E-state index contributed by atoms with van der Waals surface area (Å²) in [6.07, 6.45) is 4.96. The van der Waals surface area contributed by atoms with Gasteiger partial charge in [-0.2, -0.15) is 0 Å². The maximum Gasteiger partial charge on any atom is 0.338 e. The molecule has 0 aliphatic carbocycles. The van der Waals surface area contributed by atoms with Gasteiger partial charge in [-0.1, -0.05) is 42.5 Å². The molecule has 128 valence electrons. The lowest BCUT2D eigenvalue weighted by molar-refractivity contribution is -0.134. The van der Waals surface area contributed by atoms with Gasteiger partial charge in [0.2, 0.25) is 0 Å². The second kappa shape index (κ2) is 9.23. The highest BCUT2D eigenvalue weighted by molar-refractivity contribution is 5.95. The van der Waals surface area contributed by atoms with Crippen LogP contribution in [-0.2, 0) is 14.3 Å². The maximum atomic E-state index is 12.0. The Labute approximate surface area is 147 Å². The molecule has 2 rings (SSSR count). The van der Waals surface area contributed by atoms with Crippen molar-refractivity contribution >= 4 is 23.6 Å². The monoisotopic (exact) mass is 336 g/mol. The maximum absolute atomic E-state index is 12.0. The Morgan fingerprint density at radius 2 is 1.68 bits per heavy atom. The van der Waals surface area contributed by atoms with Crippen molar-refractivity contribution in [2.45, 2.75) is 6.92 Å². The van der Waals surface area contributed by atoms with Gasteiger partial charge in [-0.3, -0.25) is 0 Å². The molecule has 25 heavy (non-hydrogen) atoms. The van der Waals surface area contributed by atoms with Crippen LogP contribution in [0.5, 0.6) is 0 Å². The number of hydrogen-bond acceptors (Lipinski definition) is 4. The summed E-state index contributed by atoms with van der Waals surface area (Å²) < 4.78 is 9.70. The lowest BCUT2D eigenvalue weighted by Crippen LogP contribution is -2.04. The molecule has 0 atom stereocenters. The van der Waals surface area contributed by atoms with E-state index in [1.807, 2.05) is 42.5 Å². The molecule has 0 spiro atoms. The van der Waals surface area contributed by atoms with Crippen LogP contribution in [0, 0.1) is 0 Å². The average molecular weight is 336 g/mol. The van der Waals surface area contributed by atoms with Gasteiger partial charge in [0.25, 0.3) is 0 Å². The minimum Gasteiger partial charge on any atom is -0.466 e. The molecule has 0 bridgehead atoms. The molecule has 0 saturated heterocycles. The number of esters is 2. The van der Waals surface area contributed by atoms with E-state index >= 15 is 0 Å². The number of rotatable bonds is 6. The molecule has 4 heteroatoms. The Balaban J connectivity index is 2.43. The summed E-state index contributed by atoms with van der Waals surface area (Å²) in [6, 6.07) is 16.8. The van der Waals surface area contributed by atoms with E-state index < -0.39 is 5.97 Å². The SMILES string of the molecule is CCOC(=O)c1cccc(C(C=CC(=O)OC)=Cc2ccccc2)c1. The topological polar surface area (TPSA) is 52.6 Å². The zero-order valence-corrected chi connectivity index (χ0v) is 14.3. The smallest absolute Gasteiger partial charge is 0.338 e. The van der Waals surface area contributed by atoms with Gasteiger partial charge >= 0.3 is 11.9 Å². The van der Waals surface area contributed by atoms with Crippen LogP contribution in [-0.4, -0.2) is 25.7 Å². The Kier molecular flexibility index (Phi) is 6.72. The first-order valence-electron chi connectivity index (χ1n) is 7.94. The molecule has 4 nitrogen and oxygen atoms in total. The van der Waals surface area contributed by atoms with Gasteiger partial charge in [0.05, 0.1) is 19.3 Å². The van der Waals surface area contributed by atoms with Crippen LogP contribution in [0.1, 0.15) is 28.4 Å². The standard InChI is InChI=1S/C21H20O4/c1-3-25-21(23)19-11-7-10-17(15-19)18(12-13-20(22)24-2)14-16-8-5-4-6-9-16/h4-15H,3H2,1-2H3. The van der Waals surface area contributed by atoms with E-state index in [0.29, 0.717) is 12.2 Å². The molecule has 0 radical (unpaired) electrons. The second-order valence-corrected chi connectivity index (χ2v) is 5.17. The first kappa shape index (κ1) is 18.2. The van der Waals surface area contributed by atoms with Crippen molar-refractivity contribution in [3.05, 3.63) is 83.4 Å². The molecular weight excluding hydrogens is 316 g/mol. The van der Waals surface area contributed by atoms with Gasteiger partial charge in [0, 0.05) is 6.08 Å². The van der Waals surface area contributed by atoms with Crippen LogP contribution in [0.4, 0.5) is 0 Å². The summed E-state index contributed by atoms with van der Waals surface area (Å²) in [7, 11) is 1.33. The summed E-state index contributed by atoms with van der Waals surface area (Å²) >= 11 is 0. The van der Waals surface area contributed by atoms with Gasteiger partial charge in [-0.25, -0.2) is 9.59 Å². The number of benzene rings is 2. The van der Waals surface area contributed by atoms with Crippen LogP contribution < -0.4 is 0 Å². The normalized spacial score (nSPS) is 11.4. The Hall–Kier alpha value is -3.14. The zero-order valence-electron chi connectivity index (χ0n) is 14.3. The third-order valence-corrected chi connectivity index (χ3v) is 3.43. The van der Waals surface area contributed by atoms with E-state index in [-0.39, 0.29) is 5.97 Å². The largest absolute Gasteiger partial charge is 0.466 e. The van der Waals surface area contributed by atoms with E-state index in [4.69, 9.17) is 4.74 Å². The van der Waals surface area contributed by atoms with Crippen molar-refractivity contribution in [3.63, 3.8) is 0 Å². The van der Waals surface area contributed by atoms with Crippen molar-refractivity contribution in [3.8, 4) is 0 Å². The van der Waals surface area contributed by atoms with E-state index in [1.165, 1.54) is 13.2 Å². The Bertz CT molecular complexity index is 789. The third kappa shape index (κ3) is 5.46. The summed E-state index contributed by atoms with van der Waals surface area (Å²) in [5, 5.41) is 0. The molecule has 0 unspecified atom stereocenters. The number of carbonyl (C=O) groups is 2. The molecule has 0 aliphatic rings. The van der Waals surface area contributed by atoms with E-state index in [9.17, 15) is 9.59 Å². The van der Waals surface area contributed by atoms with Crippen molar-refractivity contribution in [1.29, 1.82) is 0 Å². The molecule has 0 N–H and O–H groups in total. The van der Waals surface area contributed by atoms with Crippen LogP contribution in [0.3, 0.4) is 0 Å². The van der Waals surface area contributed by atoms with E-state index in [0.717, 1.165) is 16.7 Å². The molecule has 0 heterocycles. The molecule has 2 aromatic rings. The zero-order chi connectivity index (χ0) is 18.1. The Morgan fingerprint density at radius 1 is 0.960 bits per heavy atom. The molecule has 2 aromatic carbocycles. The van der Waals surface area contributed by atoms with Gasteiger partial charge in [-0.15, -0.1) is 0 Å². The lowest BCUT2D eigenvalue weighted by atomic mass is 10.00. The number of allylic oxidation sites excluding steroid dienone is 2. The van der Waals surface area contributed by atoms with Crippen molar-refractivity contribution in [1.82, 2.24) is 0 Å². The number of methoxy groups -OCH3 is 1. The average Bonchev–Trinajstić information content (AvgIpc) is 2.66. The summed E-state index contributed by atoms with van der Waals surface area (Å²) in [6.45, 7) is 2.08. The minimum atomic E-state index is -0.444. The lowest BCUT2D eigenvalue weighted by Gasteiger charge is -2.07. The summed E-state index contributed by atoms with van der Waals surface area (Å²) in [4.78, 5) is 23.4. The fourth-order valence-electron chi connectivity index (χ4n) is 2.22. The van der Waals surface area contributed by atoms with Gasteiger partial charge in [0.1, 0.15) is 0 Å². The third-order valence-electron chi connectivity index (χ3n) is 3.43. The van der Waals surface area contributed by atoms with Gasteiger partial charge in [-0.05, 0) is 47.9 Å². The molecule has 0 fully saturated rings. The molecular formula is C21H20O4. The van der Waals surface area contributed by atoms with Crippen molar-refractivity contribution in [2.75, 3.05) is 13.7 Å². The Morgan fingerprint density at radius 3 is 2.36 bits per heavy atom. The quantitative estimate of drug-likeness (QED) is 0.344. The van der Waals surface area contributed by atoms with E-state index in [1.54, 1.807) is 31.2 Å². The van der Waals surface area contributed by atoms with Crippen LogP contribution >= 0.6 is 0 Å². The summed E-state index contributed by atoms with van der Waals surface area (Å²) in [5.41, 5.74) is 3.02. The van der Waals surface area contributed by atoms with Crippen LogP contribution in [0.25, 0.3) is 11.6 Å². The van der Waals surface area contributed by atoms with Crippen LogP contribution in [0.15, 0.2) is 66.7 Å².